The van der Waals surface area contributed by atoms with Crippen molar-refractivity contribution in [2.24, 2.45) is 0 Å². The van der Waals surface area contributed by atoms with Gasteiger partial charge in [-0.05, 0) is 64.1 Å². The van der Waals surface area contributed by atoms with Gasteiger partial charge in [-0.25, -0.2) is 4.39 Å². The Balaban J connectivity index is 2.03. The van der Waals surface area contributed by atoms with Gasteiger partial charge in [0, 0.05) is 5.75 Å². The maximum atomic E-state index is 13.7. The first kappa shape index (κ1) is 18.2. The van der Waals surface area contributed by atoms with Gasteiger partial charge in [-0.15, -0.1) is 0 Å². The van der Waals surface area contributed by atoms with Crippen LogP contribution in [0.25, 0.3) is 17.2 Å². The zero-order chi connectivity index (χ0) is 18.8. The highest BCUT2D eigenvalue weighted by Gasteiger charge is 2.25. The number of benzene rings is 2. The van der Waals surface area contributed by atoms with Gasteiger partial charge in [-0.1, -0.05) is 41.4 Å². The molecular formula is C20H16FO4S-. The van der Waals surface area contributed by atoms with Crippen molar-refractivity contribution in [3.05, 3.63) is 76.1 Å². The molecule has 134 valence electrons. The summed E-state index contributed by atoms with van der Waals surface area (Å²) in [5.74, 6) is -1.41. The molecule has 0 fully saturated rings. The van der Waals surface area contributed by atoms with Crippen molar-refractivity contribution in [1.29, 1.82) is 0 Å². The average Bonchev–Trinajstić information content (AvgIpc) is 2.81. The third-order valence-electron chi connectivity index (χ3n) is 4.36. The van der Waals surface area contributed by atoms with E-state index in [-0.39, 0.29) is 12.2 Å². The van der Waals surface area contributed by atoms with Crippen LogP contribution in [0.1, 0.15) is 35.6 Å². The second kappa shape index (κ2) is 7.35. The maximum Gasteiger partial charge on any atom is 0.307 e. The topological polar surface area (TPSA) is 77.4 Å². The van der Waals surface area contributed by atoms with E-state index in [1.807, 2.05) is 13.0 Å². The Kier molecular flexibility index (Phi) is 5.15. The lowest BCUT2D eigenvalue weighted by Gasteiger charge is -2.07. The van der Waals surface area contributed by atoms with E-state index in [9.17, 15) is 17.9 Å². The number of carbonyl (C=O) groups is 1. The van der Waals surface area contributed by atoms with Gasteiger partial charge in [0.1, 0.15) is 5.82 Å². The standard InChI is InChI=1S/C20H17FO4S/c1-12-17(8-13-2-4-14(5-3-13)11-26(24)25)16-7-6-15(21)9-19(16)18(12)10-20(22)23/h2-9H,10-11H2,1H3,(H,22,23)(H,24,25)/p-1/b17-8+. The molecule has 1 unspecified atom stereocenters. The Morgan fingerprint density at radius 2 is 1.88 bits per heavy atom. The molecule has 26 heavy (non-hydrogen) atoms. The summed E-state index contributed by atoms with van der Waals surface area (Å²) in [4.78, 5) is 11.2. The monoisotopic (exact) mass is 371 g/mol. The van der Waals surface area contributed by atoms with Crippen molar-refractivity contribution in [2.45, 2.75) is 19.1 Å². The van der Waals surface area contributed by atoms with E-state index >= 15 is 0 Å². The molecule has 4 nitrogen and oxygen atoms in total. The second-order valence-electron chi connectivity index (χ2n) is 6.11. The Morgan fingerprint density at radius 3 is 2.50 bits per heavy atom. The van der Waals surface area contributed by atoms with E-state index in [0.717, 1.165) is 22.3 Å². The highest BCUT2D eigenvalue weighted by atomic mass is 32.2. The predicted octanol–water partition coefficient (Wildman–Crippen LogP) is 4.01. The van der Waals surface area contributed by atoms with Crippen LogP contribution in [0.3, 0.4) is 0 Å². The van der Waals surface area contributed by atoms with Crippen molar-refractivity contribution in [3.8, 4) is 0 Å². The Bertz CT molecular complexity index is 958. The average molecular weight is 371 g/mol. The van der Waals surface area contributed by atoms with Crippen LogP contribution >= 0.6 is 0 Å². The van der Waals surface area contributed by atoms with Gasteiger partial charge in [-0.3, -0.25) is 9.00 Å². The first-order valence-electron chi connectivity index (χ1n) is 7.94. The van der Waals surface area contributed by atoms with Crippen LogP contribution in [0.15, 0.2) is 48.0 Å². The smallest absolute Gasteiger partial charge is 0.307 e. The second-order valence-corrected chi connectivity index (χ2v) is 7.01. The minimum Gasteiger partial charge on any atom is -0.772 e. The van der Waals surface area contributed by atoms with Crippen LogP contribution in [0, 0.1) is 5.82 Å². The van der Waals surface area contributed by atoms with Crippen LogP contribution in [-0.4, -0.2) is 19.8 Å². The number of hydrogen-bond donors (Lipinski definition) is 1. The van der Waals surface area contributed by atoms with Gasteiger partial charge in [-0.2, -0.15) is 0 Å². The predicted molar refractivity (Wildman–Crippen MR) is 98.2 cm³/mol. The number of halogens is 1. The molecule has 1 aliphatic rings. The molecule has 1 N–H and O–H groups in total. The van der Waals surface area contributed by atoms with E-state index < -0.39 is 22.9 Å². The van der Waals surface area contributed by atoms with E-state index in [2.05, 4.69) is 0 Å². The molecule has 0 heterocycles. The van der Waals surface area contributed by atoms with Gasteiger partial charge in [0.05, 0.1) is 6.42 Å². The molecule has 2 aromatic rings. The first-order valence-corrected chi connectivity index (χ1v) is 9.18. The van der Waals surface area contributed by atoms with E-state index in [0.29, 0.717) is 16.7 Å². The van der Waals surface area contributed by atoms with Gasteiger partial charge in [0.15, 0.2) is 0 Å². The van der Waals surface area contributed by atoms with Crippen LogP contribution < -0.4 is 0 Å². The van der Waals surface area contributed by atoms with E-state index in [1.54, 1.807) is 30.3 Å². The number of carboxylic acids is 1. The first-order chi connectivity index (χ1) is 12.3. The summed E-state index contributed by atoms with van der Waals surface area (Å²) < 4.78 is 35.2. The lowest BCUT2D eigenvalue weighted by atomic mass is 10.00. The number of allylic oxidation sites excluding steroid dienone is 2. The van der Waals surface area contributed by atoms with Crippen molar-refractivity contribution in [2.75, 3.05) is 0 Å². The molecular weight excluding hydrogens is 355 g/mol. The van der Waals surface area contributed by atoms with Crippen molar-refractivity contribution < 1.29 is 23.1 Å². The molecule has 0 amide bonds. The molecule has 0 aliphatic heterocycles. The number of fused-ring (bicyclic) bond motifs is 1. The minimum absolute atomic E-state index is 0.0410. The molecule has 1 atom stereocenters. The van der Waals surface area contributed by atoms with Crippen molar-refractivity contribution in [3.63, 3.8) is 0 Å². The molecule has 2 aromatic carbocycles. The molecule has 0 aromatic heterocycles. The quantitative estimate of drug-likeness (QED) is 0.806. The highest BCUT2D eigenvalue weighted by molar-refractivity contribution is 7.78. The Labute approximate surface area is 153 Å². The van der Waals surface area contributed by atoms with Crippen molar-refractivity contribution >= 4 is 34.3 Å². The summed E-state index contributed by atoms with van der Waals surface area (Å²) in [5.41, 5.74) is 5.20. The molecule has 6 heteroatoms. The SMILES string of the molecule is CC1=C(CC(=O)O)c2cc(F)ccc2/C1=C/c1ccc(CS(=O)[O-])cc1. The summed E-state index contributed by atoms with van der Waals surface area (Å²) in [7, 11) is 0. The van der Waals surface area contributed by atoms with Gasteiger partial charge >= 0.3 is 5.97 Å². The summed E-state index contributed by atoms with van der Waals surface area (Å²) >= 11 is -2.14. The number of carboxylic acid groups (broad SMARTS) is 1. The maximum absolute atomic E-state index is 13.7. The Hall–Kier alpha value is -2.57. The van der Waals surface area contributed by atoms with Crippen LogP contribution in [0.2, 0.25) is 0 Å². The zero-order valence-corrected chi connectivity index (χ0v) is 14.8. The fourth-order valence-electron chi connectivity index (χ4n) is 3.15. The fraction of sp³-hybridized carbons (Fsp3) is 0.150. The normalized spacial score (nSPS) is 16.0. The molecule has 0 bridgehead atoms. The van der Waals surface area contributed by atoms with E-state index in [4.69, 9.17) is 5.11 Å². The van der Waals surface area contributed by atoms with Crippen molar-refractivity contribution in [1.82, 2.24) is 0 Å². The summed E-state index contributed by atoms with van der Waals surface area (Å²) in [6.45, 7) is 1.83. The molecule has 0 saturated carbocycles. The molecule has 0 radical (unpaired) electrons. The number of hydrogen-bond acceptors (Lipinski definition) is 3. The summed E-state index contributed by atoms with van der Waals surface area (Å²) in [5, 5.41) is 9.17. The van der Waals surface area contributed by atoms with Gasteiger partial charge in [0.2, 0.25) is 0 Å². The summed E-state index contributed by atoms with van der Waals surface area (Å²) in [6, 6.07) is 11.5. The lowest BCUT2D eigenvalue weighted by molar-refractivity contribution is -0.135. The molecule has 1 aliphatic carbocycles. The third kappa shape index (κ3) is 3.81. The summed E-state index contributed by atoms with van der Waals surface area (Å²) in [6.07, 6.45) is 1.73. The minimum atomic E-state index is -2.14. The molecule has 0 saturated heterocycles. The largest absolute Gasteiger partial charge is 0.772 e. The molecule has 0 spiro atoms. The van der Waals surface area contributed by atoms with Crippen LogP contribution in [0.5, 0.6) is 0 Å². The van der Waals surface area contributed by atoms with Crippen LogP contribution in [-0.2, 0) is 21.6 Å². The lowest BCUT2D eigenvalue weighted by Crippen LogP contribution is -1.97. The number of rotatable bonds is 5. The fourth-order valence-corrected chi connectivity index (χ4v) is 3.61. The number of aliphatic carboxylic acids is 1. The Morgan fingerprint density at radius 1 is 1.19 bits per heavy atom. The molecule has 3 rings (SSSR count). The van der Waals surface area contributed by atoms with Crippen LogP contribution in [0.4, 0.5) is 4.39 Å². The zero-order valence-electron chi connectivity index (χ0n) is 14.0. The highest BCUT2D eigenvalue weighted by Crippen LogP contribution is 2.43. The van der Waals surface area contributed by atoms with Gasteiger partial charge < -0.3 is 9.66 Å². The van der Waals surface area contributed by atoms with E-state index in [1.165, 1.54) is 12.1 Å². The third-order valence-corrected chi connectivity index (χ3v) is 4.93. The van der Waals surface area contributed by atoms with Gasteiger partial charge in [0.25, 0.3) is 0 Å².